The number of amides is 1. The second-order valence-corrected chi connectivity index (χ2v) is 4.53. The van der Waals surface area contributed by atoms with E-state index in [2.05, 4.69) is 15.5 Å². The van der Waals surface area contributed by atoms with Gasteiger partial charge in [-0.25, -0.2) is 0 Å². The Hall–Kier alpha value is -2.25. The van der Waals surface area contributed by atoms with Crippen LogP contribution in [-0.2, 0) is 20.7 Å². The van der Waals surface area contributed by atoms with Crippen LogP contribution in [0.2, 0.25) is 0 Å². The molecule has 7 heteroatoms. The van der Waals surface area contributed by atoms with Crippen molar-refractivity contribution in [1.82, 2.24) is 15.5 Å². The third-order valence-corrected chi connectivity index (χ3v) is 2.82. The Bertz CT molecular complexity index is 571. The number of ether oxygens (including phenoxy) is 2. The van der Waals surface area contributed by atoms with Crippen LogP contribution in [0.5, 0.6) is 0 Å². The summed E-state index contributed by atoms with van der Waals surface area (Å²) < 4.78 is 15.1. The zero-order chi connectivity index (χ0) is 15.6. The monoisotopic (exact) mass is 305 g/mol. The Morgan fingerprint density at radius 2 is 2.09 bits per heavy atom. The topological polar surface area (TPSA) is 86.5 Å². The molecule has 7 nitrogen and oxygen atoms in total. The van der Waals surface area contributed by atoms with Crippen LogP contribution < -0.4 is 5.32 Å². The molecule has 0 aliphatic carbocycles. The van der Waals surface area contributed by atoms with E-state index in [1.54, 1.807) is 7.11 Å². The van der Waals surface area contributed by atoms with E-state index in [4.69, 9.17) is 14.0 Å². The fourth-order valence-electron chi connectivity index (χ4n) is 1.73. The highest BCUT2D eigenvalue weighted by Crippen LogP contribution is 2.15. The molecule has 0 aliphatic rings. The molecule has 22 heavy (non-hydrogen) atoms. The van der Waals surface area contributed by atoms with E-state index in [0.29, 0.717) is 37.9 Å². The first-order valence-corrected chi connectivity index (χ1v) is 7.01. The highest BCUT2D eigenvalue weighted by molar-refractivity contribution is 5.77. The summed E-state index contributed by atoms with van der Waals surface area (Å²) in [7, 11) is 1.58. The fourth-order valence-corrected chi connectivity index (χ4v) is 1.73. The molecule has 0 spiro atoms. The molecule has 0 fully saturated rings. The van der Waals surface area contributed by atoms with E-state index < -0.39 is 0 Å². The molecular formula is C15H19N3O4. The summed E-state index contributed by atoms with van der Waals surface area (Å²) in [5, 5.41) is 6.62. The molecule has 1 N–H and O–H groups in total. The van der Waals surface area contributed by atoms with E-state index in [9.17, 15) is 4.79 Å². The van der Waals surface area contributed by atoms with E-state index in [0.717, 1.165) is 5.56 Å². The van der Waals surface area contributed by atoms with Crippen molar-refractivity contribution in [2.45, 2.75) is 6.42 Å². The van der Waals surface area contributed by atoms with Gasteiger partial charge in [-0.05, 0) is 12.1 Å². The van der Waals surface area contributed by atoms with Crippen LogP contribution in [0.25, 0.3) is 11.5 Å². The number of hydrogen-bond donors (Lipinski definition) is 1. The smallest absolute Gasteiger partial charge is 0.257 e. The number of methoxy groups -OCH3 is 1. The lowest BCUT2D eigenvalue weighted by molar-refractivity contribution is -0.126. The van der Waals surface area contributed by atoms with Crippen LogP contribution in [0.3, 0.4) is 0 Å². The summed E-state index contributed by atoms with van der Waals surface area (Å²) in [6, 6.07) is 9.53. The van der Waals surface area contributed by atoms with E-state index in [1.807, 2.05) is 30.3 Å². The van der Waals surface area contributed by atoms with Gasteiger partial charge in [-0.2, -0.15) is 4.98 Å². The number of rotatable bonds is 9. The SMILES string of the molecule is COCCOCC(=O)NCCc1noc(-c2ccccc2)n1. The van der Waals surface area contributed by atoms with Gasteiger partial charge < -0.3 is 19.3 Å². The van der Waals surface area contributed by atoms with Crippen molar-refractivity contribution in [3.8, 4) is 11.5 Å². The third-order valence-electron chi connectivity index (χ3n) is 2.82. The van der Waals surface area contributed by atoms with Crippen molar-refractivity contribution in [2.24, 2.45) is 0 Å². The van der Waals surface area contributed by atoms with Gasteiger partial charge in [-0.1, -0.05) is 23.4 Å². The zero-order valence-corrected chi connectivity index (χ0v) is 12.4. The largest absolute Gasteiger partial charge is 0.382 e. The summed E-state index contributed by atoms with van der Waals surface area (Å²) in [6.07, 6.45) is 0.500. The molecule has 0 atom stereocenters. The Morgan fingerprint density at radius 3 is 2.86 bits per heavy atom. The van der Waals surface area contributed by atoms with Crippen LogP contribution in [0.1, 0.15) is 5.82 Å². The lowest BCUT2D eigenvalue weighted by Crippen LogP contribution is -2.30. The van der Waals surface area contributed by atoms with Crippen molar-refractivity contribution in [1.29, 1.82) is 0 Å². The van der Waals surface area contributed by atoms with Crippen LogP contribution in [0.15, 0.2) is 34.9 Å². The van der Waals surface area contributed by atoms with Crippen molar-refractivity contribution >= 4 is 5.91 Å². The van der Waals surface area contributed by atoms with Gasteiger partial charge in [-0.3, -0.25) is 4.79 Å². The molecule has 0 unspecified atom stereocenters. The lowest BCUT2D eigenvalue weighted by atomic mass is 10.2. The van der Waals surface area contributed by atoms with E-state index in [-0.39, 0.29) is 12.5 Å². The summed E-state index contributed by atoms with van der Waals surface area (Å²) in [5.74, 6) is 0.854. The minimum Gasteiger partial charge on any atom is -0.382 e. The second-order valence-electron chi connectivity index (χ2n) is 4.53. The van der Waals surface area contributed by atoms with Gasteiger partial charge in [0.25, 0.3) is 5.89 Å². The number of hydrogen-bond acceptors (Lipinski definition) is 6. The van der Waals surface area contributed by atoms with Crippen LogP contribution in [0.4, 0.5) is 0 Å². The third kappa shape index (κ3) is 5.27. The average molecular weight is 305 g/mol. The number of nitrogens with one attached hydrogen (secondary N) is 1. The quantitative estimate of drug-likeness (QED) is 0.697. The Balaban J connectivity index is 1.69. The van der Waals surface area contributed by atoms with Crippen molar-refractivity contribution < 1.29 is 18.8 Å². The number of aromatic nitrogens is 2. The summed E-state index contributed by atoms with van der Waals surface area (Å²) >= 11 is 0. The molecule has 2 aromatic rings. The summed E-state index contributed by atoms with van der Waals surface area (Å²) in [6.45, 7) is 1.32. The van der Waals surface area contributed by atoms with Crippen LogP contribution in [0, 0.1) is 0 Å². The average Bonchev–Trinajstić information content (AvgIpc) is 3.01. The Kier molecular flexibility index (Phi) is 6.53. The minimum absolute atomic E-state index is 0.0187. The molecule has 1 amide bonds. The van der Waals surface area contributed by atoms with Gasteiger partial charge in [0.05, 0.1) is 13.2 Å². The van der Waals surface area contributed by atoms with E-state index in [1.165, 1.54) is 0 Å². The number of nitrogens with zero attached hydrogens (tertiary/aromatic N) is 2. The van der Waals surface area contributed by atoms with Crippen LogP contribution in [-0.4, -0.2) is 49.5 Å². The first-order valence-electron chi connectivity index (χ1n) is 7.01. The molecule has 1 aromatic heterocycles. The molecule has 0 saturated heterocycles. The molecule has 2 rings (SSSR count). The fraction of sp³-hybridized carbons (Fsp3) is 0.400. The summed E-state index contributed by atoms with van der Waals surface area (Å²) in [5.41, 5.74) is 0.872. The maximum Gasteiger partial charge on any atom is 0.257 e. The maximum absolute atomic E-state index is 11.5. The van der Waals surface area contributed by atoms with Gasteiger partial charge in [0.2, 0.25) is 5.91 Å². The molecular weight excluding hydrogens is 286 g/mol. The van der Waals surface area contributed by atoms with Gasteiger partial charge in [0.1, 0.15) is 6.61 Å². The minimum atomic E-state index is -0.178. The first-order chi connectivity index (χ1) is 10.8. The van der Waals surface area contributed by atoms with Crippen LogP contribution >= 0.6 is 0 Å². The Labute approximate surface area is 128 Å². The zero-order valence-electron chi connectivity index (χ0n) is 12.4. The highest BCUT2D eigenvalue weighted by atomic mass is 16.5. The molecule has 1 aromatic carbocycles. The predicted molar refractivity (Wildman–Crippen MR) is 79.1 cm³/mol. The number of benzene rings is 1. The molecule has 0 bridgehead atoms. The molecule has 0 aliphatic heterocycles. The van der Waals surface area contributed by atoms with Gasteiger partial charge in [0.15, 0.2) is 5.82 Å². The standard InChI is InChI=1S/C15H19N3O4/c1-20-9-10-21-11-14(19)16-8-7-13-17-15(22-18-13)12-5-3-2-4-6-12/h2-6H,7-11H2,1H3,(H,16,19). The molecule has 118 valence electrons. The number of carbonyl (C=O) groups excluding carboxylic acids is 1. The van der Waals surface area contributed by atoms with Gasteiger partial charge in [-0.15, -0.1) is 0 Å². The summed E-state index contributed by atoms with van der Waals surface area (Å²) in [4.78, 5) is 15.8. The number of carbonyl (C=O) groups is 1. The normalized spacial score (nSPS) is 10.6. The first kappa shape index (κ1) is 16.1. The van der Waals surface area contributed by atoms with Crippen molar-refractivity contribution in [3.63, 3.8) is 0 Å². The molecule has 0 radical (unpaired) electrons. The highest BCUT2D eigenvalue weighted by Gasteiger charge is 2.08. The van der Waals surface area contributed by atoms with Crippen molar-refractivity contribution in [3.05, 3.63) is 36.2 Å². The molecule has 0 saturated carbocycles. The van der Waals surface area contributed by atoms with E-state index >= 15 is 0 Å². The predicted octanol–water partition coefficient (Wildman–Crippen LogP) is 1.06. The van der Waals surface area contributed by atoms with Gasteiger partial charge >= 0.3 is 0 Å². The molecule has 1 heterocycles. The lowest BCUT2D eigenvalue weighted by Gasteiger charge is -2.04. The Morgan fingerprint density at radius 1 is 1.27 bits per heavy atom. The second kappa shape index (κ2) is 8.91. The maximum atomic E-state index is 11.5. The van der Waals surface area contributed by atoms with Gasteiger partial charge in [0, 0.05) is 25.6 Å². The van der Waals surface area contributed by atoms with Crippen molar-refractivity contribution in [2.75, 3.05) is 33.5 Å².